The first-order chi connectivity index (χ1) is 7.74. The maximum atomic E-state index is 11.2. The number of halogens is 6. The molecule has 0 unspecified atom stereocenters. The minimum absolute atomic E-state index is 2.17. The van der Waals surface area contributed by atoms with Crippen LogP contribution in [0.15, 0.2) is 0 Å². The molecule has 0 amide bonds. The molecule has 0 bridgehead atoms. The van der Waals surface area contributed by atoms with Crippen molar-refractivity contribution in [1.29, 1.82) is 0 Å². The summed E-state index contributed by atoms with van der Waals surface area (Å²) >= 11 is 0. The Morgan fingerprint density at radius 1 is 0.778 bits per heavy atom. The van der Waals surface area contributed by atoms with Crippen LogP contribution in [0.5, 0.6) is 0 Å². The molecule has 18 heavy (non-hydrogen) atoms. The van der Waals surface area contributed by atoms with E-state index in [1.165, 1.54) is 0 Å². The van der Waals surface area contributed by atoms with E-state index < -0.39 is 32.0 Å². The number of carbonyl (C=O) groups is 2. The van der Waals surface area contributed by atoms with Gasteiger partial charge in [0.2, 0.25) is 0 Å². The average molecular weight is 288 g/mol. The van der Waals surface area contributed by atoms with Crippen LogP contribution in [-0.2, 0) is 19.1 Å². The van der Waals surface area contributed by atoms with Gasteiger partial charge in [-0.2, -0.15) is 0 Å². The summed E-state index contributed by atoms with van der Waals surface area (Å²) in [6.07, 6.45) is -11.1. The summed E-state index contributed by atoms with van der Waals surface area (Å²) in [5.41, 5.74) is 0. The highest BCUT2D eigenvalue weighted by molar-refractivity contribution is 6.30. The van der Waals surface area contributed by atoms with E-state index >= 15 is 0 Å². The van der Waals surface area contributed by atoms with Crippen LogP contribution in [0.1, 0.15) is 0 Å². The molecule has 0 aliphatic carbocycles. The van der Waals surface area contributed by atoms with E-state index in [-0.39, 0.29) is 0 Å². The minimum Gasteiger partial charge on any atom is -0.402 e. The molecule has 7 nitrogen and oxygen atoms in total. The van der Waals surface area contributed by atoms with Gasteiger partial charge in [-0.25, -0.2) is 9.59 Å². The second-order valence-corrected chi connectivity index (χ2v) is 2.02. The zero-order valence-corrected chi connectivity index (χ0v) is 7.82. The Morgan fingerprint density at radius 3 is 1.06 bits per heavy atom. The quantitative estimate of drug-likeness (QED) is 0.228. The zero-order chi connectivity index (χ0) is 15.1. The SMILES string of the molecule is O=C(OC(F)(F)F)C(=O)OC(F)(F)F.OB(O)O. The van der Waals surface area contributed by atoms with Gasteiger partial charge in [0.05, 0.1) is 0 Å². The first kappa shape index (κ1) is 18.8. The molecule has 0 radical (unpaired) electrons. The smallest absolute Gasteiger partial charge is 0.402 e. The van der Waals surface area contributed by atoms with Crippen molar-refractivity contribution >= 4 is 19.3 Å². The minimum atomic E-state index is -5.54. The third kappa shape index (κ3) is 16.9. The molecule has 14 heteroatoms. The van der Waals surface area contributed by atoms with Crippen molar-refractivity contribution in [3.63, 3.8) is 0 Å². The summed E-state index contributed by atoms with van der Waals surface area (Å²) in [4.78, 5) is 19.8. The Morgan fingerprint density at radius 2 is 0.944 bits per heavy atom. The van der Waals surface area contributed by atoms with Gasteiger partial charge in [-0.15, -0.1) is 26.3 Å². The topological polar surface area (TPSA) is 113 Å². The normalized spacial score (nSPS) is 10.9. The van der Waals surface area contributed by atoms with Crippen molar-refractivity contribution in [2.24, 2.45) is 0 Å². The number of hydrogen-bond donors (Lipinski definition) is 3. The Kier molecular flexibility index (Phi) is 7.34. The molecule has 106 valence electrons. The number of esters is 2. The van der Waals surface area contributed by atoms with E-state index in [0.717, 1.165) is 0 Å². The first-order valence-corrected chi connectivity index (χ1v) is 3.38. The van der Waals surface area contributed by atoms with Crippen LogP contribution >= 0.6 is 0 Å². The fraction of sp³-hybridized carbons (Fsp3) is 0.500. The number of hydrogen-bond acceptors (Lipinski definition) is 7. The van der Waals surface area contributed by atoms with E-state index in [2.05, 4.69) is 9.47 Å². The number of rotatable bonds is 0. The number of alkyl halides is 6. The Hall–Kier alpha value is -1.54. The second-order valence-electron chi connectivity index (χ2n) is 2.02. The predicted octanol–water partition coefficient (Wildman–Crippen LogP) is -0.939. The van der Waals surface area contributed by atoms with Crippen LogP contribution in [0, 0.1) is 0 Å². The van der Waals surface area contributed by atoms with E-state index in [1.54, 1.807) is 0 Å². The number of ether oxygens (including phenoxy) is 2. The summed E-state index contributed by atoms with van der Waals surface area (Å²) in [6.45, 7) is 0. The second kappa shape index (κ2) is 7.02. The van der Waals surface area contributed by atoms with Crippen molar-refractivity contribution in [2.45, 2.75) is 12.7 Å². The molecule has 0 heterocycles. The summed E-state index contributed by atoms with van der Waals surface area (Å²) in [7, 11) is -2.17. The molecule has 0 aromatic rings. The van der Waals surface area contributed by atoms with E-state index in [1.807, 2.05) is 0 Å². The van der Waals surface area contributed by atoms with Crippen molar-refractivity contribution in [3.05, 3.63) is 0 Å². The van der Waals surface area contributed by atoms with Gasteiger partial charge in [-0.1, -0.05) is 0 Å². The monoisotopic (exact) mass is 288 g/mol. The molecule has 0 aliphatic rings. The first-order valence-electron chi connectivity index (χ1n) is 3.38. The molecule has 0 saturated carbocycles. The summed E-state index contributed by atoms with van der Waals surface area (Å²) in [5, 5.41) is 21.5. The molecule has 0 saturated heterocycles. The van der Waals surface area contributed by atoms with Gasteiger partial charge in [-0.3, -0.25) is 0 Å². The van der Waals surface area contributed by atoms with Gasteiger partial charge in [0.25, 0.3) is 0 Å². The summed E-state index contributed by atoms with van der Waals surface area (Å²) in [6, 6.07) is 0. The van der Waals surface area contributed by atoms with Crippen LogP contribution in [0.3, 0.4) is 0 Å². The van der Waals surface area contributed by atoms with Gasteiger partial charge < -0.3 is 24.5 Å². The Balaban J connectivity index is 0. The highest BCUT2D eigenvalue weighted by Gasteiger charge is 2.42. The lowest BCUT2D eigenvalue weighted by molar-refractivity contribution is -0.321. The lowest BCUT2D eigenvalue weighted by Gasteiger charge is -2.08. The predicted molar refractivity (Wildman–Crippen MR) is 36.7 cm³/mol. The molecule has 0 atom stereocenters. The lowest BCUT2D eigenvalue weighted by atomic mass is 10.3. The van der Waals surface area contributed by atoms with Gasteiger partial charge in [0, 0.05) is 0 Å². The molecule has 0 aliphatic heterocycles. The molecule has 3 N–H and O–H groups in total. The Bertz CT molecular complexity index is 256. The fourth-order valence-corrected chi connectivity index (χ4v) is 0.294. The van der Waals surface area contributed by atoms with E-state index in [0.29, 0.717) is 0 Å². The van der Waals surface area contributed by atoms with Crippen LogP contribution in [0.25, 0.3) is 0 Å². The average Bonchev–Trinajstić information content (AvgIpc) is 1.95. The largest absolute Gasteiger partial charge is 0.631 e. The third-order valence-corrected chi connectivity index (χ3v) is 0.584. The van der Waals surface area contributed by atoms with Gasteiger partial charge >= 0.3 is 32.0 Å². The molecule has 0 aromatic heterocycles. The molecule has 0 rings (SSSR count). The third-order valence-electron chi connectivity index (χ3n) is 0.584. The van der Waals surface area contributed by atoms with Gasteiger partial charge in [-0.05, 0) is 0 Å². The maximum absolute atomic E-state index is 11.2. The van der Waals surface area contributed by atoms with Gasteiger partial charge in [0.15, 0.2) is 0 Å². The van der Waals surface area contributed by atoms with Crippen molar-refractivity contribution in [3.8, 4) is 0 Å². The van der Waals surface area contributed by atoms with Crippen molar-refractivity contribution in [1.82, 2.24) is 0 Å². The highest BCUT2D eigenvalue weighted by atomic mass is 19.4. The van der Waals surface area contributed by atoms with Crippen LogP contribution in [0.2, 0.25) is 0 Å². The molecular weight excluding hydrogens is 285 g/mol. The van der Waals surface area contributed by atoms with Crippen LogP contribution in [0.4, 0.5) is 26.3 Å². The van der Waals surface area contributed by atoms with Gasteiger partial charge in [0.1, 0.15) is 0 Å². The highest BCUT2D eigenvalue weighted by Crippen LogP contribution is 2.19. The Labute approximate surface area is 93.7 Å². The van der Waals surface area contributed by atoms with E-state index in [4.69, 9.17) is 15.1 Å². The van der Waals surface area contributed by atoms with Crippen molar-refractivity contribution < 1.29 is 60.5 Å². The van der Waals surface area contributed by atoms with Crippen LogP contribution < -0.4 is 0 Å². The summed E-state index contributed by atoms with van der Waals surface area (Å²) < 4.78 is 71.7. The fourth-order valence-electron chi connectivity index (χ4n) is 0.294. The zero-order valence-electron chi connectivity index (χ0n) is 7.82. The summed E-state index contributed by atoms with van der Waals surface area (Å²) in [5.74, 6) is -5.59. The number of carbonyl (C=O) groups excluding carboxylic acids is 2. The standard InChI is InChI=1S/C4F6O4.BH3O3/c5-3(6,7)13-1(11)2(12)14-4(8,9)10;2-1(3)4/h;2-4H. The maximum Gasteiger partial charge on any atom is 0.631 e. The molecular formula is C4H3BF6O7. The van der Waals surface area contributed by atoms with Crippen molar-refractivity contribution in [2.75, 3.05) is 0 Å². The van der Waals surface area contributed by atoms with Crippen LogP contribution in [-0.4, -0.2) is 47.1 Å². The molecule has 0 spiro atoms. The molecule has 0 aromatic carbocycles. The lowest BCUT2D eigenvalue weighted by Crippen LogP contribution is -2.31. The molecule has 0 fully saturated rings. The van der Waals surface area contributed by atoms with E-state index in [9.17, 15) is 35.9 Å².